The van der Waals surface area contributed by atoms with Crippen LogP contribution in [0, 0.1) is 0 Å². The SMILES string of the molecule is CC1(O)CCN(C(=O)c2ccccc2C(C)(C)C)C1. The van der Waals surface area contributed by atoms with Crippen LogP contribution in [0.5, 0.6) is 0 Å². The van der Waals surface area contributed by atoms with Crippen LogP contribution in [0.25, 0.3) is 0 Å². The maximum absolute atomic E-state index is 12.6. The first kappa shape index (κ1) is 14.1. The van der Waals surface area contributed by atoms with E-state index in [-0.39, 0.29) is 11.3 Å². The van der Waals surface area contributed by atoms with Gasteiger partial charge in [-0.15, -0.1) is 0 Å². The van der Waals surface area contributed by atoms with Crippen molar-refractivity contribution in [3.63, 3.8) is 0 Å². The van der Waals surface area contributed by atoms with Crippen LogP contribution in [0.2, 0.25) is 0 Å². The van der Waals surface area contributed by atoms with Gasteiger partial charge in [-0.25, -0.2) is 0 Å². The molecule has 3 nitrogen and oxygen atoms in total. The Morgan fingerprint density at radius 1 is 1.32 bits per heavy atom. The predicted molar refractivity (Wildman–Crippen MR) is 76.3 cm³/mol. The molecule has 3 heteroatoms. The molecule has 0 bridgehead atoms. The topological polar surface area (TPSA) is 40.5 Å². The second kappa shape index (κ2) is 4.64. The lowest BCUT2D eigenvalue weighted by Crippen LogP contribution is -2.35. The molecule has 1 aliphatic heterocycles. The van der Waals surface area contributed by atoms with Gasteiger partial charge < -0.3 is 10.0 Å². The summed E-state index contributed by atoms with van der Waals surface area (Å²) in [6.45, 7) is 9.17. The number of aliphatic hydroxyl groups is 1. The van der Waals surface area contributed by atoms with Gasteiger partial charge in [-0.2, -0.15) is 0 Å². The van der Waals surface area contributed by atoms with E-state index in [1.807, 2.05) is 24.3 Å². The maximum Gasteiger partial charge on any atom is 0.254 e. The molecule has 0 aliphatic carbocycles. The van der Waals surface area contributed by atoms with E-state index in [4.69, 9.17) is 0 Å². The molecule has 104 valence electrons. The smallest absolute Gasteiger partial charge is 0.254 e. The third kappa shape index (κ3) is 2.98. The fraction of sp³-hybridized carbons (Fsp3) is 0.562. The second-order valence-corrected chi connectivity index (χ2v) is 6.77. The van der Waals surface area contributed by atoms with Crippen molar-refractivity contribution in [2.24, 2.45) is 0 Å². The van der Waals surface area contributed by atoms with E-state index in [0.29, 0.717) is 19.5 Å². The molecule has 1 fully saturated rings. The largest absolute Gasteiger partial charge is 0.388 e. The highest BCUT2D eigenvalue weighted by atomic mass is 16.3. The van der Waals surface area contributed by atoms with E-state index >= 15 is 0 Å². The molecule has 0 radical (unpaired) electrons. The highest BCUT2D eigenvalue weighted by Crippen LogP contribution is 2.28. The number of amides is 1. The number of carbonyl (C=O) groups excluding carboxylic acids is 1. The Morgan fingerprint density at radius 2 is 1.95 bits per heavy atom. The zero-order valence-corrected chi connectivity index (χ0v) is 12.2. The van der Waals surface area contributed by atoms with Crippen LogP contribution < -0.4 is 0 Å². The summed E-state index contributed by atoms with van der Waals surface area (Å²) >= 11 is 0. The van der Waals surface area contributed by atoms with Crippen molar-refractivity contribution in [3.8, 4) is 0 Å². The van der Waals surface area contributed by atoms with Crippen molar-refractivity contribution >= 4 is 5.91 Å². The number of likely N-dealkylation sites (tertiary alicyclic amines) is 1. The number of hydrogen-bond donors (Lipinski definition) is 1. The van der Waals surface area contributed by atoms with E-state index < -0.39 is 5.60 Å². The van der Waals surface area contributed by atoms with Gasteiger partial charge in [-0.1, -0.05) is 39.0 Å². The van der Waals surface area contributed by atoms with Crippen molar-refractivity contribution in [1.29, 1.82) is 0 Å². The molecule has 1 aromatic rings. The molecule has 1 heterocycles. The summed E-state index contributed by atoms with van der Waals surface area (Å²) in [5.41, 5.74) is 1.01. The van der Waals surface area contributed by atoms with Crippen LogP contribution in [-0.4, -0.2) is 34.6 Å². The third-order valence-corrected chi connectivity index (χ3v) is 3.70. The fourth-order valence-corrected chi connectivity index (χ4v) is 2.61. The summed E-state index contributed by atoms with van der Waals surface area (Å²) in [6.07, 6.45) is 0.649. The van der Waals surface area contributed by atoms with Crippen molar-refractivity contribution in [2.45, 2.75) is 45.1 Å². The van der Waals surface area contributed by atoms with Gasteiger partial charge in [0.15, 0.2) is 0 Å². The Labute approximate surface area is 115 Å². The average Bonchev–Trinajstić information content (AvgIpc) is 2.68. The van der Waals surface area contributed by atoms with Crippen LogP contribution in [0.15, 0.2) is 24.3 Å². The van der Waals surface area contributed by atoms with E-state index in [2.05, 4.69) is 20.8 Å². The van der Waals surface area contributed by atoms with Crippen molar-refractivity contribution < 1.29 is 9.90 Å². The van der Waals surface area contributed by atoms with Gasteiger partial charge in [0.2, 0.25) is 0 Å². The summed E-state index contributed by atoms with van der Waals surface area (Å²) in [6, 6.07) is 7.77. The number of hydrogen-bond acceptors (Lipinski definition) is 2. The first-order chi connectivity index (χ1) is 8.71. The number of benzene rings is 1. The molecule has 1 saturated heterocycles. The van der Waals surface area contributed by atoms with Crippen LogP contribution in [0.1, 0.15) is 50.0 Å². The van der Waals surface area contributed by atoms with Gasteiger partial charge in [0.05, 0.1) is 5.60 Å². The van der Waals surface area contributed by atoms with Crippen LogP contribution in [0.3, 0.4) is 0 Å². The zero-order chi connectivity index (χ0) is 14.3. The molecule has 1 N–H and O–H groups in total. The standard InChI is InChI=1S/C16H23NO2/c1-15(2,3)13-8-6-5-7-12(13)14(18)17-10-9-16(4,19)11-17/h5-8,19H,9-11H2,1-4H3. The van der Waals surface area contributed by atoms with Crippen LogP contribution >= 0.6 is 0 Å². The molecule has 0 saturated carbocycles. The molecule has 0 aromatic heterocycles. The summed E-state index contributed by atoms with van der Waals surface area (Å²) in [4.78, 5) is 14.4. The van der Waals surface area contributed by atoms with Gasteiger partial charge in [0, 0.05) is 18.7 Å². The lowest BCUT2D eigenvalue weighted by Gasteiger charge is -2.25. The van der Waals surface area contributed by atoms with E-state index in [9.17, 15) is 9.90 Å². The maximum atomic E-state index is 12.6. The van der Waals surface area contributed by atoms with Crippen molar-refractivity contribution in [3.05, 3.63) is 35.4 Å². The minimum absolute atomic E-state index is 0.0308. The number of carbonyl (C=O) groups is 1. The minimum Gasteiger partial charge on any atom is -0.388 e. The molecule has 0 spiro atoms. The molecule has 1 aliphatic rings. The summed E-state index contributed by atoms with van der Waals surface area (Å²) in [5.74, 6) is 0.0308. The van der Waals surface area contributed by atoms with Gasteiger partial charge in [0.25, 0.3) is 5.91 Å². The highest BCUT2D eigenvalue weighted by molar-refractivity contribution is 5.96. The van der Waals surface area contributed by atoms with Gasteiger partial charge in [-0.3, -0.25) is 4.79 Å². The lowest BCUT2D eigenvalue weighted by molar-refractivity contribution is 0.0571. The van der Waals surface area contributed by atoms with Crippen LogP contribution in [0.4, 0.5) is 0 Å². The molecule has 19 heavy (non-hydrogen) atoms. The molecular formula is C16H23NO2. The molecular weight excluding hydrogens is 238 g/mol. The molecule has 1 unspecified atom stereocenters. The summed E-state index contributed by atoms with van der Waals surface area (Å²) < 4.78 is 0. The van der Waals surface area contributed by atoms with Gasteiger partial charge in [-0.05, 0) is 30.4 Å². The Kier molecular flexibility index (Phi) is 3.43. The van der Waals surface area contributed by atoms with Gasteiger partial charge >= 0.3 is 0 Å². The number of rotatable bonds is 1. The Balaban J connectivity index is 2.30. The van der Waals surface area contributed by atoms with Gasteiger partial charge in [0.1, 0.15) is 0 Å². The molecule has 1 aromatic carbocycles. The van der Waals surface area contributed by atoms with E-state index in [1.54, 1.807) is 11.8 Å². The molecule has 2 rings (SSSR count). The fourth-order valence-electron chi connectivity index (χ4n) is 2.61. The Morgan fingerprint density at radius 3 is 2.47 bits per heavy atom. The molecule has 1 atom stereocenters. The minimum atomic E-state index is -0.744. The number of nitrogens with zero attached hydrogens (tertiary/aromatic N) is 1. The summed E-state index contributed by atoms with van der Waals surface area (Å²) in [5, 5.41) is 10.00. The third-order valence-electron chi connectivity index (χ3n) is 3.70. The first-order valence-corrected chi connectivity index (χ1v) is 6.82. The predicted octanol–water partition coefficient (Wildman–Crippen LogP) is 2.58. The first-order valence-electron chi connectivity index (χ1n) is 6.82. The normalized spacial score (nSPS) is 23.7. The monoisotopic (exact) mass is 261 g/mol. The van der Waals surface area contributed by atoms with E-state index in [0.717, 1.165) is 11.1 Å². The highest BCUT2D eigenvalue weighted by Gasteiger charge is 2.35. The quantitative estimate of drug-likeness (QED) is 0.844. The lowest BCUT2D eigenvalue weighted by atomic mass is 9.83. The van der Waals surface area contributed by atoms with E-state index in [1.165, 1.54) is 0 Å². The Bertz CT molecular complexity index is 486. The van der Waals surface area contributed by atoms with Crippen molar-refractivity contribution in [1.82, 2.24) is 4.90 Å². The summed E-state index contributed by atoms with van der Waals surface area (Å²) in [7, 11) is 0. The number of β-amino-alcohol motifs (C(OH)–C–C–N with tert-alkyl or cyclic N) is 1. The zero-order valence-electron chi connectivity index (χ0n) is 12.2. The van der Waals surface area contributed by atoms with Crippen molar-refractivity contribution in [2.75, 3.05) is 13.1 Å². The second-order valence-electron chi connectivity index (χ2n) is 6.77. The average molecular weight is 261 g/mol. The van der Waals surface area contributed by atoms with Crippen LogP contribution in [-0.2, 0) is 5.41 Å². The Hall–Kier alpha value is -1.35. The molecule has 1 amide bonds.